The molecule has 1 fully saturated rings. The Kier molecular flexibility index (Phi) is 6.22. The highest BCUT2D eigenvalue weighted by molar-refractivity contribution is 7.17. The number of rotatable bonds is 4. The number of urea groups is 1. The minimum absolute atomic E-state index is 0.176. The molecule has 0 saturated heterocycles. The summed E-state index contributed by atoms with van der Waals surface area (Å²) in [6.07, 6.45) is 8.40. The number of nitrogens with one attached hydrogen (secondary N) is 2. The summed E-state index contributed by atoms with van der Waals surface area (Å²) in [5.41, 5.74) is 1.65. The number of ether oxygens (including phenoxy) is 1. The predicted octanol–water partition coefficient (Wildman–Crippen LogP) is 4.89. The molecular formula is C20H30N2O3S. The molecule has 3 rings (SSSR count). The van der Waals surface area contributed by atoms with Crippen LogP contribution in [0.3, 0.4) is 0 Å². The van der Waals surface area contributed by atoms with E-state index in [4.69, 9.17) is 4.74 Å². The average molecular weight is 379 g/mol. The molecule has 2 amide bonds. The van der Waals surface area contributed by atoms with E-state index in [9.17, 15) is 9.59 Å². The molecule has 0 spiro atoms. The molecule has 26 heavy (non-hydrogen) atoms. The van der Waals surface area contributed by atoms with Crippen molar-refractivity contribution in [2.75, 3.05) is 5.32 Å². The van der Waals surface area contributed by atoms with Crippen LogP contribution in [0.15, 0.2) is 0 Å². The zero-order valence-corrected chi connectivity index (χ0v) is 16.8. The fraction of sp³-hybridized carbons (Fsp3) is 0.700. The number of fused-ring (bicyclic) bond motifs is 1. The van der Waals surface area contributed by atoms with Crippen molar-refractivity contribution in [3.8, 4) is 0 Å². The lowest BCUT2D eigenvalue weighted by Crippen LogP contribution is -2.39. The number of amides is 2. The van der Waals surface area contributed by atoms with Crippen LogP contribution in [0.2, 0.25) is 0 Å². The molecule has 1 aromatic rings. The lowest BCUT2D eigenvalue weighted by Gasteiger charge is -2.22. The van der Waals surface area contributed by atoms with Gasteiger partial charge < -0.3 is 10.1 Å². The third kappa shape index (κ3) is 4.58. The van der Waals surface area contributed by atoms with Crippen LogP contribution < -0.4 is 10.6 Å². The number of anilines is 1. The van der Waals surface area contributed by atoms with Crippen LogP contribution in [-0.2, 0) is 17.6 Å². The van der Waals surface area contributed by atoms with Crippen LogP contribution in [0.4, 0.5) is 9.80 Å². The van der Waals surface area contributed by atoms with E-state index in [-0.39, 0.29) is 24.1 Å². The molecule has 2 aliphatic carbocycles. The third-order valence-corrected chi connectivity index (χ3v) is 6.40. The van der Waals surface area contributed by atoms with Crippen LogP contribution >= 0.6 is 11.3 Å². The van der Waals surface area contributed by atoms with E-state index in [0.717, 1.165) is 37.7 Å². The summed E-state index contributed by atoms with van der Waals surface area (Å²) in [6.45, 7) is 5.93. The van der Waals surface area contributed by atoms with E-state index in [1.54, 1.807) is 0 Å². The predicted molar refractivity (Wildman–Crippen MR) is 105 cm³/mol. The summed E-state index contributed by atoms with van der Waals surface area (Å²) in [4.78, 5) is 26.4. The summed E-state index contributed by atoms with van der Waals surface area (Å²) in [6, 6.07) is 0.0339. The first kappa shape index (κ1) is 19.2. The van der Waals surface area contributed by atoms with Crippen LogP contribution in [0, 0.1) is 5.92 Å². The SMILES string of the molecule is CC1CCc2c(sc(NC(=O)NC3CCCCC3)c2C(=O)OC(C)C)C1. The van der Waals surface area contributed by atoms with Gasteiger partial charge >= 0.3 is 12.0 Å². The highest BCUT2D eigenvalue weighted by Gasteiger charge is 2.30. The van der Waals surface area contributed by atoms with Crippen molar-refractivity contribution >= 4 is 28.3 Å². The Balaban J connectivity index is 1.78. The summed E-state index contributed by atoms with van der Waals surface area (Å²) in [5.74, 6) is 0.291. The summed E-state index contributed by atoms with van der Waals surface area (Å²) in [7, 11) is 0. The third-order valence-electron chi connectivity index (χ3n) is 5.23. The second-order valence-electron chi connectivity index (χ2n) is 7.94. The zero-order valence-electron chi connectivity index (χ0n) is 16.0. The van der Waals surface area contributed by atoms with Crippen LogP contribution in [-0.4, -0.2) is 24.1 Å². The van der Waals surface area contributed by atoms with Gasteiger partial charge in [-0.2, -0.15) is 0 Å². The van der Waals surface area contributed by atoms with Crippen molar-refractivity contribution in [3.63, 3.8) is 0 Å². The molecule has 0 radical (unpaired) electrons. The Bertz CT molecular complexity index is 662. The van der Waals surface area contributed by atoms with Gasteiger partial charge in [-0.25, -0.2) is 9.59 Å². The van der Waals surface area contributed by atoms with Crippen molar-refractivity contribution < 1.29 is 14.3 Å². The van der Waals surface area contributed by atoms with E-state index in [2.05, 4.69) is 17.6 Å². The molecular weight excluding hydrogens is 348 g/mol. The van der Waals surface area contributed by atoms with Gasteiger partial charge in [-0.3, -0.25) is 5.32 Å². The molecule has 6 heteroatoms. The molecule has 2 aliphatic rings. The number of thiophene rings is 1. The molecule has 0 aliphatic heterocycles. The minimum atomic E-state index is -0.319. The van der Waals surface area contributed by atoms with Crippen molar-refractivity contribution in [2.45, 2.75) is 84.3 Å². The summed E-state index contributed by atoms with van der Waals surface area (Å²) in [5, 5.41) is 6.66. The van der Waals surface area contributed by atoms with Gasteiger partial charge in [0.15, 0.2) is 0 Å². The Morgan fingerprint density at radius 2 is 1.88 bits per heavy atom. The van der Waals surface area contributed by atoms with Gasteiger partial charge in [-0.1, -0.05) is 26.2 Å². The maximum atomic E-state index is 12.7. The lowest BCUT2D eigenvalue weighted by atomic mass is 9.88. The number of esters is 1. The van der Waals surface area contributed by atoms with E-state index < -0.39 is 0 Å². The second-order valence-corrected chi connectivity index (χ2v) is 9.05. The molecule has 1 unspecified atom stereocenters. The van der Waals surface area contributed by atoms with Crippen LogP contribution in [0.25, 0.3) is 0 Å². The number of hydrogen-bond acceptors (Lipinski definition) is 4. The van der Waals surface area contributed by atoms with Crippen LogP contribution in [0.5, 0.6) is 0 Å². The quantitative estimate of drug-likeness (QED) is 0.733. The Morgan fingerprint density at radius 3 is 2.58 bits per heavy atom. The van der Waals surface area contributed by atoms with Crippen molar-refractivity contribution in [1.29, 1.82) is 0 Å². The topological polar surface area (TPSA) is 67.4 Å². The van der Waals surface area contributed by atoms with E-state index in [1.165, 1.54) is 35.5 Å². The van der Waals surface area contributed by atoms with Gasteiger partial charge in [-0.15, -0.1) is 11.3 Å². The minimum Gasteiger partial charge on any atom is -0.459 e. The normalized spacial score (nSPS) is 20.5. The smallest absolute Gasteiger partial charge is 0.341 e. The first-order valence-electron chi connectivity index (χ1n) is 9.87. The Hall–Kier alpha value is -1.56. The molecule has 2 N–H and O–H groups in total. The van der Waals surface area contributed by atoms with Crippen LogP contribution in [0.1, 0.15) is 80.1 Å². The maximum Gasteiger partial charge on any atom is 0.341 e. The monoisotopic (exact) mass is 378 g/mol. The fourth-order valence-corrected chi connectivity index (χ4v) is 5.29. The molecule has 5 nitrogen and oxygen atoms in total. The first-order valence-corrected chi connectivity index (χ1v) is 10.7. The molecule has 1 atom stereocenters. The molecule has 144 valence electrons. The van der Waals surface area contributed by atoms with E-state index in [0.29, 0.717) is 16.5 Å². The number of hydrogen-bond donors (Lipinski definition) is 2. The molecule has 1 saturated carbocycles. The number of carbonyl (C=O) groups excluding carboxylic acids is 2. The molecule has 1 aromatic heterocycles. The van der Waals surface area contributed by atoms with Gasteiger partial charge in [-0.05, 0) is 57.4 Å². The van der Waals surface area contributed by atoms with Gasteiger partial charge in [0.2, 0.25) is 0 Å². The zero-order chi connectivity index (χ0) is 18.7. The van der Waals surface area contributed by atoms with Gasteiger partial charge in [0, 0.05) is 10.9 Å². The first-order chi connectivity index (χ1) is 12.4. The van der Waals surface area contributed by atoms with Crippen molar-refractivity contribution in [3.05, 3.63) is 16.0 Å². The molecule has 0 bridgehead atoms. The Morgan fingerprint density at radius 1 is 1.15 bits per heavy atom. The fourth-order valence-electron chi connectivity index (χ4n) is 3.90. The summed E-state index contributed by atoms with van der Waals surface area (Å²) < 4.78 is 5.46. The largest absolute Gasteiger partial charge is 0.459 e. The lowest BCUT2D eigenvalue weighted by molar-refractivity contribution is 0.0378. The highest BCUT2D eigenvalue weighted by Crippen LogP contribution is 2.40. The Labute approximate surface area is 159 Å². The van der Waals surface area contributed by atoms with E-state index >= 15 is 0 Å². The van der Waals surface area contributed by atoms with Crippen molar-refractivity contribution in [1.82, 2.24) is 5.32 Å². The van der Waals surface area contributed by atoms with E-state index in [1.807, 2.05) is 13.8 Å². The number of carbonyl (C=O) groups is 2. The second kappa shape index (κ2) is 8.42. The van der Waals surface area contributed by atoms with Gasteiger partial charge in [0.1, 0.15) is 5.00 Å². The van der Waals surface area contributed by atoms with Gasteiger partial charge in [0.05, 0.1) is 11.7 Å². The summed E-state index contributed by atoms with van der Waals surface area (Å²) >= 11 is 1.54. The maximum absolute atomic E-state index is 12.7. The standard InChI is InChI=1S/C20H30N2O3S/c1-12(2)25-19(23)17-15-10-9-13(3)11-16(15)26-18(17)22-20(24)21-14-7-5-4-6-8-14/h12-14H,4-11H2,1-3H3,(H2,21,22,24). The average Bonchev–Trinajstić information content (AvgIpc) is 2.91. The highest BCUT2D eigenvalue weighted by atomic mass is 32.1. The van der Waals surface area contributed by atoms with Gasteiger partial charge in [0.25, 0.3) is 0 Å². The molecule has 1 heterocycles. The molecule has 0 aromatic carbocycles. The van der Waals surface area contributed by atoms with Crippen molar-refractivity contribution in [2.24, 2.45) is 5.92 Å².